The summed E-state index contributed by atoms with van der Waals surface area (Å²) in [6.45, 7) is 5.94. The Morgan fingerprint density at radius 1 is 1.56 bits per heavy atom. The summed E-state index contributed by atoms with van der Waals surface area (Å²) in [5.74, 6) is -0.564. The molecule has 1 heterocycles. The second kappa shape index (κ2) is 4.16. The van der Waals surface area contributed by atoms with Crippen LogP contribution in [0, 0.1) is 6.92 Å². The van der Waals surface area contributed by atoms with Gasteiger partial charge in [0, 0.05) is 24.7 Å². The Morgan fingerprint density at radius 3 is 2.94 bits per heavy atom. The van der Waals surface area contributed by atoms with Gasteiger partial charge in [0.05, 0.1) is 6.42 Å². The average Bonchev–Trinajstić information content (AvgIpc) is 2.57. The standard InChI is InChI=1S/C13H17NO2/c1-3-14-8-10(7-12(15)16)13-9(2)5-4-6-11(13)14/h4-6,10H,3,7-8H2,1-2H3,(H,15,16). The first kappa shape index (κ1) is 11.0. The van der Waals surface area contributed by atoms with E-state index >= 15 is 0 Å². The van der Waals surface area contributed by atoms with Gasteiger partial charge in [0.25, 0.3) is 0 Å². The lowest BCUT2D eigenvalue weighted by Gasteiger charge is -2.16. The molecule has 0 saturated heterocycles. The summed E-state index contributed by atoms with van der Waals surface area (Å²) >= 11 is 0. The third-order valence-electron chi connectivity index (χ3n) is 3.29. The largest absolute Gasteiger partial charge is 0.481 e. The highest BCUT2D eigenvalue weighted by molar-refractivity contribution is 5.72. The molecule has 1 aliphatic rings. The molecule has 1 N–H and O–H groups in total. The van der Waals surface area contributed by atoms with E-state index in [1.54, 1.807) is 0 Å². The molecule has 0 amide bonds. The van der Waals surface area contributed by atoms with Crippen LogP contribution in [0.5, 0.6) is 0 Å². The molecule has 2 rings (SSSR count). The topological polar surface area (TPSA) is 40.5 Å². The number of hydrogen-bond donors (Lipinski definition) is 1. The van der Waals surface area contributed by atoms with E-state index in [1.165, 1.54) is 16.8 Å². The van der Waals surface area contributed by atoms with Gasteiger partial charge in [0.15, 0.2) is 0 Å². The second-order valence-electron chi connectivity index (χ2n) is 4.34. The van der Waals surface area contributed by atoms with Crippen molar-refractivity contribution in [3.63, 3.8) is 0 Å². The number of fused-ring (bicyclic) bond motifs is 1. The molecule has 1 unspecified atom stereocenters. The van der Waals surface area contributed by atoms with Gasteiger partial charge in [-0.05, 0) is 31.0 Å². The quantitative estimate of drug-likeness (QED) is 0.848. The van der Waals surface area contributed by atoms with Gasteiger partial charge in [-0.1, -0.05) is 12.1 Å². The Morgan fingerprint density at radius 2 is 2.31 bits per heavy atom. The molecular weight excluding hydrogens is 202 g/mol. The van der Waals surface area contributed by atoms with Gasteiger partial charge >= 0.3 is 5.97 Å². The van der Waals surface area contributed by atoms with Crippen LogP contribution in [-0.4, -0.2) is 24.2 Å². The first-order valence-electron chi connectivity index (χ1n) is 5.69. The number of anilines is 1. The van der Waals surface area contributed by atoms with E-state index in [4.69, 9.17) is 5.11 Å². The monoisotopic (exact) mass is 219 g/mol. The molecule has 3 nitrogen and oxygen atoms in total. The number of carbonyl (C=O) groups is 1. The molecule has 3 heteroatoms. The number of benzene rings is 1. The molecule has 1 atom stereocenters. The zero-order valence-corrected chi connectivity index (χ0v) is 9.73. The minimum atomic E-state index is -0.711. The number of hydrogen-bond acceptors (Lipinski definition) is 2. The van der Waals surface area contributed by atoms with Crippen LogP contribution in [-0.2, 0) is 4.79 Å². The van der Waals surface area contributed by atoms with Gasteiger partial charge in [0.1, 0.15) is 0 Å². The first-order valence-corrected chi connectivity index (χ1v) is 5.69. The number of aliphatic carboxylic acids is 1. The van der Waals surface area contributed by atoms with E-state index in [0.717, 1.165) is 13.1 Å². The number of carboxylic acid groups (broad SMARTS) is 1. The molecule has 1 aromatic rings. The summed E-state index contributed by atoms with van der Waals surface area (Å²) in [6.07, 6.45) is 0.231. The van der Waals surface area contributed by atoms with Crippen molar-refractivity contribution in [3.8, 4) is 0 Å². The van der Waals surface area contributed by atoms with Gasteiger partial charge in [-0.25, -0.2) is 0 Å². The van der Waals surface area contributed by atoms with Crippen molar-refractivity contribution in [2.24, 2.45) is 0 Å². The smallest absolute Gasteiger partial charge is 0.304 e. The lowest BCUT2D eigenvalue weighted by molar-refractivity contribution is -0.137. The van der Waals surface area contributed by atoms with Crippen molar-refractivity contribution in [2.45, 2.75) is 26.2 Å². The lowest BCUT2D eigenvalue weighted by Crippen LogP contribution is -2.21. The molecule has 0 aliphatic carbocycles. The van der Waals surface area contributed by atoms with E-state index in [0.29, 0.717) is 0 Å². The van der Waals surface area contributed by atoms with Crippen LogP contribution in [0.2, 0.25) is 0 Å². The van der Waals surface area contributed by atoms with Gasteiger partial charge in [-0.15, -0.1) is 0 Å². The van der Waals surface area contributed by atoms with Crippen LogP contribution in [0.15, 0.2) is 18.2 Å². The highest BCUT2D eigenvalue weighted by Crippen LogP contribution is 2.39. The summed E-state index contributed by atoms with van der Waals surface area (Å²) in [6, 6.07) is 6.19. The third kappa shape index (κ3) is 1.77. The van der Waals surface area contributed by atoms with Crippen molar-refractivity contribution in [2.75, 3.05) is 18.0 Å². The number of nitrogens with zero attached hydrogens (tertiary/aromatic N) is 1. The molecule has 0 saturated carbocycles. The van der Waals surface area contributed by atoms with Crippen LogP contribution in [0.25, 0.3) is 0 Å². The normalized spacial score (nSPS) is 18.6. The Kier molecular flexibility index (Phi) is 2.86. The molecule has 0 spiro atoms. The summed E-state index contributed by atoms with van der Waals surface area (Å²) < 4.78 is 0. The van der Waals surface area contributed by atoms with E-state index in [-0.39, 0.29) is 12.3 Å². The molecule has 1 aliphatic heterocycles. The molecule has 86 valence electrons. The number of carboxylic acids is 1. The Bertz CT molecular complexity index is 414. The fraction of sp³-hybridized carbons (Fsp3) is 0.462. The van der Waals surface area contributed by atoms with E-state index in [9.17, 15) is 4.79 Å². The molecule has 16 heavy (non-hydrogen) atoms. The second-order valence-corrected chi connectivity index (χ2v) is 4.34. The van der Waals surface area contributed by atoms with Crippen molar-refractivity contribution >= 4 is 11.7 Å². The summed E-state index contributed by atoms with van der Waals surface area (Å²) in [5, 5.41) is 8.93. The van der Waals surface area contributed by atoms with Crippen LogP contribution in [0.4, 0.5) is 5.69 Å². The van der Waals surface area contributed by atoms with Crippen molar-refractivity contribution in [3.05, 3.63) is 29.3 Å². The minimum absolute atomic E-state index is 0.147. The van der Waals surface area contributed by atoms with Crippen molar-refractivity contribution in [1.29, 1.82) is 0 Å². The van der Waals surface area contributed by atoms with E-state index < -0.39 is 5.97 Å². The van der Waals surface area contributed by atoms with Crippen LogP contribution in [0.3, 0.4) is 0 Å². The molecule has 0 aromatic heterocycles. The molecule has 0 radical (unpaired) electrons. The molecule has 0 bridgehead atoms. The highest BCUT2D eigenvalue weighted by Gasteiger charge is 2.30. The molecule has 0 fully saturated rings. The zero-order valence-electron chi connectivity index (χ0n) is 9.73. The number of rotatable bonds is 3. The fourth-order valence-corrected chi connectivity index (χ4v) is 2.60. The SMILES string of the molecule is CCN1CC(CC(=O)O)c2c(C)cccc21. The zero-order chi connectivity index (χ0) is 11.7. The number of likely N-dealkylation sites (N-methyl/N-ethyl adjacent to an activating group) is 1. The molecular formula is C13H17NO2. The van der Waals surface area contributed by atoms with Gasteiger partial charge in [-0.2, -0.15) is 0 Å². The third-order valence-corrected chi connectivity index (χ3v) is 3.29. The molecule has 1 aromatic carbocycles. The summed E-state index contributed by atoms with van der Waals surface area (Å²) in [7, 11) is 0. The number of aryl methyl sites for hydroxylation is 1. The van der Waals surface area contributed by atoms with Crippen LogP contribution < -0.4 is 4.90 Å². The maximum absolute atomic E-state index is 10.9. The highest BCUT2D eigenvalue weighted by atomic mass is 16.4. The van der Waals surface area contributed by atoms with Gasteiger partial charge < -0.3 is 10.0 Å². The van der Waals surface area contributed by atoms with Crippen LogP contribution in [0.1, 0.15) is 30.4 Å². The van der Waals surface area contributed by atoms with Crippen molar-refractivity contribution in [1.82, 2.24) is 0 Å². The maximum Gasteiger partial charge on any atom is 0.304 e. The minimum Gasteiger partial charge on any atom is -0.481 e. The average molecular weight is 219 g/mol. The Hall–Kier alpha value is -1.51. The van der Waals surface area contributed by atoms with Crippen LogP contribution >= 0.6 is 0 Å². The lowest BCUT2D eigenvalue weighted by atomic mass is 9.94. The maximum atomic E-state index is 10.9. The van der Waals surface area contributed by atoms with Gasteiger partial charge in [-0.3, -0.25) is 4.79 Å². The fourth-order valence-electron chi connectivity index (χ4n) is 2.60. The predicted octanol–water partition coefficient (Wildman–Crippen LogP) is 2.39. The Labute approximate surface area is 95.7 Å². The Balaban J connectivity index is 2.39. The summed E-state index contributed by atoms with van der Waals surface area (Å²) in [4.78, 5) is 13.1. The van der Waals surface area contributed by atoms with E-state index in [1.807, 2.05) is 6.07 Å². The first-order chi connectivity index (χ1) is 7.63. The predicted molar refractivity (Wildman–Crippen MR) is 64.1 cm³/mol. The summed E-state index contributed by atoms with van der Waals surface area (Å²) in [5.41, 5.74) is 3.65. The van der Waals surface area contributed by atoms with E-state index in [2.05, 4.69) is 30.9 Å². The van der Waals surface area contributed by atoms with Gasteiger partial charge in [0.2, 0.25) is 0 Å². The van der Waals surface area contributed by atoms with Crippen molar-refractivity contribution < 1.29 is 9.90 Å².